The van der Waals surface area contributed by atoms with Gasteiger partial charge in [0.1, 0.15) is 0 Å². The van der Waals surface area contributed by atoms with E-state index < -0.39 is 0 Å². The number of amides is 1. The van der Waals surface area contributed by atoms with Crippen molar-refractivity contribution in [3.8, 4) is 0 Å². The fraction of sp³-hybridized carbons (Fsp3) is 0.333. The summed E-state index contributed by atoms with van der Waals surface area (Å²) < 4.78 is 0. The van der Waals surface area contributed by atoms with Crippen LogP contribution in [-0.2, 0) is 11.3 Å². The highest BCUT2D eigenvalue weighted by Crippen LogP contribution is 2.09. The van der Waals surface area contributed by atoms with E-state index in [-0.39, 0.29) is 17.3 Å². The molecule has 0 saturated heterocycles. The topological polar surface area (TPSA) is 46.3 Å². The van der Waals surface area contributed by atoms with Crippen molar-refractivity contribution in [2.45, 2.75) is 19.9 Å². The van der Waals surface area contributed by atoms with Crippen molar-refractivity contribution < 1.29 is 4.79 Å². The number of aryl methyl sites for hydroxylation is 1. The summed E-state index contributed by atoms with van der Waals surface area (Å²) in [5.74, 6) is -0.0456. The van der Waals surface area contributed by atoms with Gasteiger partial charge in [-0.1, -0.05) is 36.5 Å². The average Bonchev–Trinajstić information content (AvgIpc) is 2.20. The monoisotopic (exact) mass is 236 g/mol. The maximum atomic E-state index is 11.6. The fourth-order valence-corrected chi connectivity index (χ4v) is 1.54. The van der Waals surface area contributed by atoms with E-state index in [1.165, 1.54) is 5.56 Å². The number of hydrogen-bond acceptors (Lipinski definition) is 2. The summed E-state index contributed by atoms with van der Waals surface area (Å²) >= 11 is 4.71. The van der Waals surface area contributed by atoms with Crippen LogP contribution < -0.4 is 5.73 Å². The third-order valence-electron chi connectivity index (χ3n) is 2.42. The highest BCUT2D eigenvalue weighted by Gasteiger charge is 2.10. The molecule has 0 fully saturated rings. The Kier molecular flexibility index (Phi) is 4.43. The van der Waals surface area contributed by atoms with Crippen LogP contribution in [-0.4, -0.2) is 22.8 Å². The fourth-order valence-electron chi connectivity index (χ4n) is 1.42. The molecule has 0 bridgehead atoms. The van der Waals surface area contributed by atoms with Crippen LogP contribution >= 0.6 is 12.2 Å². The zero-order valence-electron chi connectivity index (χ0n) is 9.56. The molecule has 1 aromatic rings. The normalized spacial score (nSPS) is 9.88. The molecule has 4 heteroatoms. The van der Waals surface area contributed by atoms with Crippen LogP contribution in [0.2, 0.25) is 0 Å². The van der Waals surface area contributed by atoms with E-state index in [1.807, 2.05) is 31.2 Å². The molecule has 0 aliphatic rings. The smallest absolute Gasteiger partial charge is 0.229 e. The molecule has 0 spiro atoms. The van der Waals surface area contributed by atoms with Gasteiger partial charge in [-0.3, -0.25) is 4.79 Å². The Morgan fingerprint density at radius 2 is 2.06 bits per heavy atom. The minimum absolute atomic E-state index is 0.0456. The molecule has 2 N–H and O–H groups in total. The number of hydrogen-bond donors (Lipinski definition) is 1. The Labute approximate surface area is 101 Å². The third-order valence-corrected chi connectivity index (χ3v) is 2.56. The van der Waals surface area contributed by atoms with E-state index in [4.69, 9.17) is 18.0 Å². The Morgan fingerprint density at radius 3 is 2.62 bits per heavy atom. The van der Waals surface area contributed by atoms with Crippen LogP contribution in [0.3, 0.4) is 0 Å². The van der Waals surface area contributed by atoms with Crippen molar-refractivity contribution in [1.82, 2.24) is 4.90 Å². The predicted molar refractivity (Wildman–Crippen MR) is 69.1 cm³/mol. The standard InChI is InChI=1S/C12H16N2OS/c1-9-5-3-4-6-10(9)8-14(2)12(15)7-11(13)16/h3-6H,7-8H2,1-2H3,(H2,13,16). The maximum absolute atomic E-state index is 11.6. The Hall–Kier alpha value is -1.42. The van der Waals surface area contributed by atoms with Gasteiger partial charge in [-0.15, -0.1) is 0 Å². The predicted octanol–water partition coefficient (Wildman–Crippen LogP) is 1.63. The quantitative estimate of drug-likeness (QED) is 0.808. The third kappa shape index (κ3) is 3.62. The highest BCUT2D eigenvalue weighted by atomic mass is 32.1. The molecule has 86 valence electrons. The van der Waals surface area contributed by atoms with Gasteiger partial charge in [0.05, 0.1) is 11.4 Å². The largest absolute Gasteiger partial charge is 0.393 e. The first kappa shape index (κ1) is 12.6. The molecule has 1 amide bonds. The number of benzene rings is 1. The van der Waals surface area contributed by atoms with Gasteiger partial charge in [-0.25, -0.2) is 0 Å². The lowest BCUT2D eigenvalue weighted by atomic mass is 10.1. The lowest BCUT2D eigenvalue weighted by molar-refractivity contribution is -0.129. The van der Waals surface area contributed by atoms with Gasteiger partial charge >= 0.3 is 0 Å². The van der Waals surface area contributed by atoms with E-state index >= 15 is 0 Å². The number of nitrogens with zero attached hydrogens (tertiary/aromatic N) is 1. The van der Waals surface area contributed by atoms with Crippen molar-refractivity contribution >= 4 is 23.1 Å². The van der Waals surface area contributed by atoms with Crippen molar-refractivity contribution in [2.75, 3.05) is 7.05 Å². The molecule has 1 rings (SSSR count). The van der Waals surface area contributed by atoms with Crippen LogP contribution in [0.5, 0.6) is 0 Å². The molecule has 16 heavy (non-hydrogen) atoms. The van der Waals surface area contributed by atoms with Gasteiger partial charge in [0.15, 0.2) is 0 Å². The number of carbonyl (C=O) groups is 1. The van der Waals surface area contributed by atoms with E-state index in [0.29, 0.717) is 6.54 Å². The van der Waals surface area contributed by atoms with Crippen LogP contribution in [0.4, 0.5) is 0 Å². The van der Waals surface area contributed by atoms with E-state index in [9.17, 15) is 4.79 Å². The molecule has 3 nitrogen and oxygen atoms in total. The van der Waals surface area contributed by atoms with Crippen molar-refractivity contribution in [3.05, 3.63) is 35.4 Å². The van der Waals surface area contributed by atoms with Crippen LogP contribution in [0, 0.1) is 6.92 Å². The van der Waals surface area contributed by atoms with Gasteiger partial charge in [-0.05, 0) is 18.1 Å². The van der Waals surface area contributed by atoms with Crippen LogP contribution in [0.25, 0.3) is 0 Å². The number of thiocarbonyl (C=S) groups is 1. The minimum Gasteiger partial charge on any atom is -0.393 e. The van der Waals surface area contributed by atoms with Crippen molar-refractivity contribution in [2.24, 2.45) is 5.73 Å². The van der Waals surface area contributed by atoms with Gasteiger partial charge in [0.25, 0.3) is 0 Å². The zero-order valence-corrected chi connectivity index (χ0v) is 10.4. The molecule has 1 aromatic carbocycles. The summed E-state index contributed by atoms with van der Waals surface area (Å²) in [5.41, 5.74) is 7.66. The summed E-state index contributed by atoms with van der Waals surface area (Å²) in [5, 5.41) is 0. The lowest BCUT2D eigenvalue weighted by Crippen LogP contribution is -2.29. The van der Waals surface area contributed by atoms with E-state index in [1.54, 1.807) is 11.9 Å². The van der Waals surface area contributed by atoms with Gasteiger partial charge in [0.2, 0.25) is 5.91 Å². The number of nitrogens with two attached hydrogens (primary N) is 1. The van der Waals surface area contributed by atoms with E-state index in [2.05, 4.69) is 0 Å². The Morgan fingerprint density at radius 1 is 1.44 bits per heavy atom. The molecule has 0 radical (unpaired) electrons. The summed E-state index contributed by atoms with van der Waals surface area (Å²) in [6, 6.07) is 7.99. The first-order valence-corrected chi connectivity index (χ1v) is 5.48. The second kappa shape index (κ2) is 5.61. The Balaban J connectivity index is 2.64. The Bertz CT molecular complexity index is 404. The highest BCUT2D eigenvalue weighted by molar-refractivity contribution is 7.80. The SMILES string of the molecule is Cc1ccccc1CN(C)C(=O)CC(N)=S. The number of carbonyl (C=O) groups excluding carboxylic acids is 1. The first-order valence-electron chi connectivity index (χ1n) is 5.07. The molecule has 0 aliphatic heterocycles. The van der Waals surface area contributed by atoms with Crippen molar-refractivity contribution in [3.63, 3.8) is 0 Å². The van der Waals surface area contributed by atoms with Gasteiger partial charge in [-0.2, -0.15) is 0 Å². The molecule has 0 aromatic heterocycles. The zero-order chi connectivity index (χ0) is 12.1. The average molecular weight is 236 g/mol. The maximum Gasteiger partial charge on any atom is 0.229 e. The van der Waals surface area contributed by atoms with Crippen molar-refractivity contribution in [1.29, 1.82) is 0 Å². The van der Waals surface area contributed by atoms with Gasteiger partial charge < -0.3 is 10.6 Å². The molecule has 0 aliphatic carbocycles. The second-order valence-electron chi connectivity index (χ2n) is 3.82. The van der Waals surface area contributed by atoms with Crippen LogP contribution in [0.1, 0.15) is 17.5 Å². The summed E-state index contributed by atoms with van der Waals surface area (Å²) in [6.45, 7) is 2.62. The summed E-state index contributed by atoms with van der Waals surface area (Å²) in [7, 11) is 1.76. The molecular formula is C12H16N2OS. The number of rotatable bonds is 4. The van der Waals surface area contributed by atoms with E-state index in [0.717, 1.165) is 5.56 Å². The summed E-state index contributed by atoms with van der Waals surface area (Å²) in [6.07, 6.45) is 0.137. The van der Waals surface area contributed by atoms with Gasteiger partial charge in [0, 0.05) is 13.6 Å². The second-order valence-corrected chi connectivity index (χ2v) is 4.34. The molecule has 0 atom stereocenters. The molecule has 0 heterocycles. The summed E-state index contributed by atoms with van der Waals surface area (Å²) in [4.78, 5) is 13.5. The molecule has 0 saturated carbocycles. The molecular weight excluding hydrogens is 220 g/mol. The van der Waals surface area contributed by atoms with Crippen LogP contribution in [0.15, 0.2) is 24.3 Å². The minimum atomic E-state index is -0.0456. The first-order chi connectivity index (χ1) is 7.50. The lowest BCUT2D eigenvalue weighted by Gasteiger charge is -2.18. The molecule has 0 unspecified atom stereocenters.